The third-order valence-corrected chi connectivity index (χ3v) is 3.98. The molecule has 2 aromatic carbocycles. The summed E-state index contributed by atoms with van der Waals surface area (Å²) in [5.41, 5.74) is -2.01. The van der Waals surface area contributed by atoms with Crippen molar-refractivity contribution in [2.45, 2.75) is 38.9 Å². The molecule has 31 heavy (non-hydrogen) atoms. The van der Waals surface area contributed by atoms with E-state index in [1.54, 1.807) is 60.7 Å². The van der Waals surface area contributed by atoms with Crippen molar-refractivity contribution in [1.82, 2.24) is 0 Å². The Morgan fingerprint density at radius 3 is 1.39 bits per heavy atom. The molecule has 0 N–H and O–H groups in total. The lowest BCUT2D eigenvalue weighted by Gasteiger charge is -2.22. The third-order valence-electron chi connectivity index (χ3n) is 3.98. The lowest BCUT2D eigenvalue weighted by molar-refractivity contribution is -0.153. The Bertz CT molecular complexity index is 908. The molecule has 0 aliphatic carbocycles. The quantitative estimate of drug-likeness (QED) is 0.349. The van der Waals surface area contributed by atoms with Gasteiger partial charge in [-0.05, 0) is 27.7 Å². The highest BCUT2D eigenvalue weighted by atomic mass is 19.1. The van der Waals surface area contributed by atoms with E-state index >= 15 is 0 Å². The summed E-state index contributed by atoms with van der Waals surface area (Å²) in [6.07, 6.45) is -1.95. The zero-order valence-electron chi connectivity index (χ0n) is 17.7. The van der Waals surface area contributed by atoms with Crippen LogP contribution in [0.3, 0.4) is 0 Å². The SMILES string of the molecule is CC(C)(OC(=O)CF)C(=O)c1ccccc1.CC(C)(OC(=O)F)C(=O)c1ccccc1. The maximum atomic E-state index is 12.1. The minimum absolute atomic E-state index is 0.352. The van der Waals surface area contributed by atoms with Crippen molar-refractivity contribution in [1.29, 1.82) is 0 Å². The highest BCUT2D eigenvalue weighted by Gasteiger charge is 2.33. The monoisotopic (exact) mass is 434 g/mol. The molecule has 0 heterocycles. The van der Waals surface area contributed by atoms with Gasteiger partial charge in [0.2, 0.25) is 11.6 Å². The van der Waals surface area contributed by atoms with Crippen LogP contribution in [0.15, 0.2) is 60.7 Å². The summed E-state index contributed by atoms with van der Waals surface area (Å²) in [6, 6.07) is 16.7. The molecule has 0 fully saturated rings. The maximum Gasteiger partial charge on any atom is 0.496 e. The first-order chi connectivity index (χ1) is 14.4. The predicted octanol–water partition coefficient (Wildman–Crippen LogP) is 4.91. The van der Waals surface area contributed by atoms with Crippen molar-refractivity contribution in [3.8, 4) is 0 Å². The van der Waals surface area contributed by atoms with Gasteiger partial charge in [0.05, 0.1) is 0 Å². The summed E-state index contributed by atoms with van der Waals surface area (Å²) < 4.78 is 33.1. The second kappa shape index (κ2) is 11.1. The van der Waals surface area contributed by atoms with E-state index in [4.69, 9.17) is 4.74 Å². The van der Waals surface area contributed by atoms with Crippen LogP contribution in [0.1, 0.15) is 48.4 Å². The number of alkyl halides is 1. The first kappa shape index (κ1) is 25.6. The van der Waals surface area contributed by atoms with E-state index < -0.39 is 35.9 Å². The Morgan fingerprint density at radius 2 is 1.06 bits per heavy atom. The molecule has 166 valence electrons. The van der Waals surface area contributed by atoms with Crippen LogP contribution in [0.2, 0.25) is 0 Å². The summed E-state index contributed by atoms with van der Waals surface area (Å²) in [7, 11) is 0. The zero-order valence-corrected chi connectivity index (χ0v) is 17.7. The molecule has 0 aliphatic rings. The second-order valence-corrected chi connectivity index (χ2v) is 7.36. The van der Waals surface area contributed by atoms with Gasteiger partial charge in [-0.2, -0.15) is 0 Å². The molecule has 0 bridgehead atoms. The molecule has 2 aromatic rings. The summed E-state index contributed by atoms with van der Waals surface area (Å²) >= 11 is 0. The van der Waals surface area contributed by atoms with Gasteiger partial charge in [-0.1, -0.05) is 60.7 Å². The van der Waals surface area contributed by atoms with E-state index in [1.807, 2.05) is 0 Å². The van der Waals surface area contributed by atoms with E-state index in [-0.39, 0.29) is 5.78 Å². The van der Waals surface area contributed by atoms with E-state index in [0.717, 1.165) is 0 Å². The van der Waals surface area contributed by atoms with Gasteiger partial charge in [0.15, 0.2) is 17.9 Å². The number of halogens is 2. The molecular weight excluding hydrogens is 410 g/mol. The zero-order chi connectivity index (χ0) is 23.7. The first-order valence-corrected chi connectivity index (χ1v) is 9.26. The van der Waals surface area contributed by atoms with Crippen molar-refractivity contribution in [3.05, 3.63) is 71.8 Å². The number of ketones is 2. The average molecular weight is 434 g/mol. The van der Waals surface area contributed by atoms with E-state index in [2.05, 4.69) is 4.74 Å². The van der Waals surface area contributed by atoms with Crippen molar-refractivity contribution < 1.29 is 37.4 Å². The van der Waals surface area contributed by atoms with Gasteiger partial charge in [-0.3, -0.25) is 9.59 Å². The number of ether oxygens (including phenoxy) is 2. The fourth-order valence-corrected chi connectivity index (χ4v) is 2.48. The molecule has 0 amide bonds. The highest BCUT2D eigenvalue weighted by molar-refractivity contribution is 6.03. The fourth-order valence-electron chi connectivity index (χ4n) is 2.48. The normalized spacial score (nSPS) is 10.9. The summed E-state index contributed by atoms with van der Waals surface area (Å²) in [4.78, 5) is 44.6. The van der Waals surface area contributed by atoms with Gasteiger partial charge in [0, 0.05) is 11.1 Å². The lowest BCUT2D eigenvalue weighted by Crippen LogP contribution is -2.37. The maximum absolute atomic E-state index is 12.1. The van der Waals surface area contributed by atoms with Crippen LogP contribution in [0.25, 0.3) is 0 Å². The lowest BCUT2D eigenvalue weighted by atomic mass is 9.96. The summed E-state index contributed by atoms with van der Waals surface area (Å²) in [5.74, 6) is -1.82. The number of hydrogen-bond donors (Lipinski definition) is 0. The number of carbonyl (C=O) groups is 4. The fraction of sp³-hybridized carbons (Fsp3) is 0.304. The second-order valence-electron chi connectivity index (χ2n) is 7.36. The summed E-state index contributed by atoms with van der Waals surface area (Å²) in [5, 5.41) is 0. The van der Waals surface area contributed by atoms with Crippen LogP contribution in [0.4, 0.5) is 13.6 Å². The van der Waals surface area contributed by atoms with Gasteiger partial charge in [-0.25, -0.2) is 14.0 Å². The first-order valence-electron chi connectivity index (χ1n) is 9.26. The molecule has 2 rings (SSSR count). The topological polar surface area (TPSA) is 86.7 Å². The van der Waals surface area contributed by atoms with Crippen LogP contribution in [-0.2, 0) is 14.3 Å². The molecule has 0 unspecified atom stereocenters. The standard InChI is InChI=1S/C12H13FO3.C11H11FO3/c1-12(2,16-10(14)8-13)11(15)9-6-4-3-5-7-9;1-11(2,15-10(12)14)9(13)8-6-4-3-5-7-8/h3-7H,8H2,1-2H3;3-7H,1-2H3. The highest BCUT2D eigenvalue weighted by Crippen LogP contribution is 2.18. The van der Waals surface area contributed by atoms with Crippen molar-refractivity contribution in [2.75, 3.05) is 6.67 Å². The van der Waals surface area contributed by atoms with E-state index in [0.29, 0.717) is 11.1 Å². The van der Waals surface area contributed by atoms with Gasteiger partial charge in [0.1, 0.15) is 0 Å². The van der Waals surface area contributed by atoms with Crippen LogP contribution in [0, 0.1) is 0 Å². The predicted molar refractivity (Wildman–Crippen MR) is 109 cm³/mol. The molecule has 0 atom stereocenters. The van der Waals surface area contributed by atoms with Crippen molar-refractivity contribution in [2.24, 2.45) is 0 Å². The molecular formula is C23H24F2O6. The molecule has 0 aliphatic heterocycles. The molecule has 0 radical (unpaired) electrons. The Morgan fingerprint density at radius 1 is 0.710 bits per heavy atom. The van der Waals surface area contributed by atoms with Crippen molar-refractivity contribution >= 4 is 23.8 Å². The molecule has 0 spiro atoms. The van der Waals surface area contributed by atoms with Gasteiger partial charge in [0.25, 0.3) is 0 Å². The number of hydrogen-bond acceptors (Lipinski definition) is 6. The Kier molecular flexibility index (Phi) is 9.17. The van der Waals surface area contributed by atoms with Crippen molar-refractivity contribution in [3.63, 3.8) is 0 Å². The number of rotatable bonds is 7. The largest absolute Gasteiger partial charge is 0.496 e. The Hall–Kier alpha value is -3.42. The smallest absolute Gasteiger partial charge is 0.449 e. The number of carbonyl (C=O) groups excluding carboxylic acids is 4. The molecule has 0 aromatic heterocycles. The number of Topliss-reactive ketones (excluding diaryl/α,β-unsaturated/α-hetero) is 2. The average Bonchev–Trinajstić information content (AvgIpc) is 2.73. The minimum Gasteiger partial charge on any atom is -0.449 e. The summed E-state index contributed by atoms with van der Waals surface area (Å²) in [6.45, 7) is 4.34. The minimum atomic E-state index is -1.95. The molecule has 0 saturated heterocycles. The van der Waals surface area contributed by atoms with Gasteiger partial charge >= 0.3 is 12.2 Å². The van der Waals surface area contributed by atoms with Gasteiger partial charge in [-0.15, -0.1) is 4.39 Å². The van der Waals surface area contributed by atoms with Crippen LogP contribution in [-0.4, -0.2) is 41.6 Å². The van der Waals surface area contributed by atoms with Gasteiger partial charge < -0.3 is 9.47 Å². The van der Waals surface area contributed by atoms with Crippen LogP contribution in [0.5, 0.6) is 0 Å². The number of benzene rings is 2. The Labute approximate surface area is 179 Å². The molecule has 6 nitrogen and oxygen atoms in total. The third kappa shape index (κ3) is 8.08. The molecule has 0 saturated carbocycles. The Balaban J connectivity index is 0.000000311. The van der Waals surface area contributed by atoms with E-state index in [1.165, 1.54) is 27.7 Å². The number of esters is 1. The van der Waals surface area contributed by atoms with Crippen LogP contribution >= 0.6 is 0 Å². The molecule has 8 heteroatoms. The van der Waals surface area contributed by atoms with Crippen LogP contribution < -0.4 is 0 Å². The van der Waals surface area contributed by atoms with E-state index in [9.17, 15) is 28.0 Å².